The molecule has 0 radical (unpaired) electrons. The van der Waals surface area contributed by atoms with Gasteiger partial charge in [-0.25, -0.2) is 0 Å². The second-order valence-corrected chi connectivity index (χ2v) is 5.36. The summed E-state index contributed by atoms with van der Waals surface area (Å²) in [6, 6.07) is 9.78. The van der Waals surface area contributed by atoms with Crippen LogP contribution in [0.2, 0.25) is 0 Å². The van der Waals surface area contributed by atoms with Crippen LogP contribution in [0.4, 0.5) is 5.69 Å². The van der Waals surface area contributed by atoms with Gasteiger partial charge in [0.05, 0.1) is 11.3 Å². The third-order valence-corrected chi connectivity index (χ3v) is 3.37. The molecule has 0 aliphatic heterocycles. The lowest BCUT2D eigenvalue weighted by atomic mass is 9.81. The van der Waals surface area contributed by atoms with Gasteiger partial charge in [0, 0.05) is 12.1 Å². The molecule has 104 valence electrons. The molecular weight excluding hydrogens is 246 g/mol. The summed E-state index contributed by atoms with van der Waals surface area (Å²) in [5.41, 5.74) is 1.23. The summed E-state index contributed by atoms with van der Waals surface area (Å²) < 4.78 is 0. The Labute approximate surface area is 120 Å². The van der Waals surface area contributed by atoms with E-state index >= 15 is 0 Å². The van der Waals surface area contributed by atoms with Gasteiger partial charge in [-0.1, -0.05) is 54.2 Å². The number of aliphatic imine (C=N–C) groups is 1. The van der Waals surface area contributed by atoms with Crippen LogP contribution in [0, 0.1) is 5.92 Å². The summed E-state index contributed by atoms with van der Waals surface area (Å²) in [7, 11) is 0. The van der Waals surface area contributed by atoms with Gasteiger partial charge in [0.1, 0.15) is 0 Å². The molecule has 20 heavy (non-hydrogen) atoms. The normalized spacial score (nSPS) is 25.1. The fraction of sp³-hybridized carbons (Fsp3) is 0.278. The molecule has 2 rings (SSSR count). The highest BCUT2D eigenvalue weighted by Crippen LogP contribution is 2.28. The average molecular weight is 267 g/mol. The van der Waals surface area contributed by atoms with E-state index in [9.17, 15) is 5.11 Å². The van der Waals surface area contributed by atoms with Crippen LogP contribution in [0.1, 0.15) is 20.3 Å². The topological polar surface area (TPSA) is 32.6 Å². The molecule has 1 aliphatic rings. The van der Waals surface area contributed by atoms with Crippen molar-refractivity contribution in [2.24, 2.45) is 10.9 Å². The Morgan fingerprint density at radius 3 is 2.70 bits per heavy atom. The monoisotopic (exact) mass is 267 g/mol. The first-order valence-electron chi connectivity index (χ1n) is 6.91. The van der Waals surface area contributed by atoms with Crippen molar-refractivity contribution in [3.63, 3.8) is 0 Å². The first-order valence-corrected chi connectivity index (χ1v) is 6.91. The van der Waals surface area contributed by atoms with E-state index in [2.05, 4.69) is 11.1 Å². The number of nitrogens with zero attached hydrogens (tertiary/aromatic N) is 1. The van der Waals surface area contributed by atoms with Gasteiger partial charge in [-0.2, -0.15) is 0 Å². The van der Waals surface area contributed by atoms with Crippen LogP contribution in [0.15, 0.2) is 71.3 Å². The van der Waals surface area contributed by atoms with Crippen LogP contribution in [0.3, 0.4) is 0 Å². The van der Waals surface area contributed by atoms with E-state index in [1.54, 1.807) is 0 Å². The zero-order valence-electron chi connectivity index (χ0n) is 12.0. The van der Waals surface area contributed by atoms with E-state index in [0.29, 0.717) is 6.42 Å². The number of allylic oxidation sites excluding steroid dienone is 3. The van der Waals surface area contributed by atoms with Crippen molar-refractivity contribution in [3.05, 3.63) is 66.3 Å². The molecule has 0 heterocycles. The predicted octanol–water partition coefficient (Wildman–Crippen LogP) is 4.22. The maximum Gasteiger partial charge on any atom is 0.0977 e. The van der Waals surface area contributed by atoms with Crippen molar-refractivity contribution >= 4 is 11.9 Å². The molecular formula is C18H21NO. The first kappa shape index (κ1) is 14.5. The smallest absolute Gasteiger partial charge is 0.0977 e. The van der Waals surface area contributed by atoms with Crippen molar-refractivity contribution in [1.82, 2.24) is 0 Å². The van der Waals surface area contributed by atoms with E-state index in [4.69, 9.17) is 0 Å². The van der Waals surface area contributed by atoms with Crippen LogP contribution in [-0.4, -0.2) is 16.9 Å². The molecule has 0 aromatic heterocycles. The van der Waals surface area contributed by atoms with E-state index < -0.39 is 5.60 Å². The second kappa shape index (κ2) is 6.49. The molecule has 2 nitrogen and oxygen atoms in total. The Morgan fingerprint density at radius 1 is 1.25 bits per heavy atom. The number of hydrogen-bond acceptors (Lipinski definition) is 2. The van der Waals surface area contributed by atoms with Gasteiger partial charge in [-0.05, 0) is 32.4 Å². The minimum Gasteiger partial charge on any atom is -0.384 e. The van der Waals surface area contributed by atoms with Crippen molar-refractivity contribution in [2.45, 2.75) is 25.9 Å². The van der Waals surface area contributed by atoms with E-state index in [0.717, 1.165) is 5.69 Å². The van der Waals surface area contributed by atoms with Crippen molar-refractivity contribution in [3.8, 4) is 0 Å². The standard InChI is InChI=1S/C18H21NO/c1-15(2)11-13-18(20)12-7-6-8-16(18)14-19-17-9-4-3-5-10-17/h3-12,14,16,20H,13H2,1-2H3. The minimum atomic E-state index is -0.885. The molecule has 0 spiro atoms. The van der Waals surface area contributed by atoms with Gasteiger partial charge >= 0.3 is 0 Å². The van der Waals surface area contributed by atoms with Gasteiger partial charge in [0.25, 0.3) is 0 Å². The Morgan fingerprint density at radius 2 is 2.00 bits per heavy atom. The van der Waals surface area contributed by atoms with E-state index in [1.165, 1.54) is 5.57 Å². The predicted molar refractivity (Wildman–Crippen MR) is 85.4 cm³/mol. The molecule has 2 atom stereocenters. The van der Waals surface area contributed by atoms with Gasteiger partial charge in [-0.3, -0.25) is 4.99 Å². The lowest BCUT2D eigenvalue weighted by molar-refractivity contribution is 0.0749. The number of benzene rings is 1. The van der Waals surface area contributed by atoms with Gasteiger partial charge in [0.2, 0.25) is 0 Å². The highest BCUT2D eigenvalue weighted by Gasteiger charge is 2.31. The third-order valence-electron chi connectivity index (χ3n) is 3.37. The van der Waals surface area contributed by atoms with Crippen molar-refractivity contribution in [2.75, 3.05) is 0 Å². The fourth-order valence-electron chi connectivity index (χ4n) is 2.11. The van der Waals surface area contributed by atoms with Crippen LogP contribution in [-0.2, 0) is 0 Å². The molecule has 0 amide bonds. The zero-order valence-corrected chi connectivity index (χ0v) is 12.0. The summed E-state index contributed by atoms with van der Waals surface area (Å²) >= 11 is 0. The summed E-state index contributed by atoms with van der Waals surface area (Å²) in [4.78, 5) is 4.46. The largest absolute Gasteiger partial charge is 0.384 e. The molecule has 1 aliphatic carbocycles. The van der Waals surface area contributed by atoms with Crippen LogP contribution in [0.5, 0.6) is 0 Å². The number of para-hydroxylation sites is 1. The minimum absolute atomic E-state index is 0.108. The quantitative estimate of drug-likeness (QED) is 0.643. The number of aliphatic hydroxyl groups is 1. The van der Waals surface area contributed by atoms with Crippen LogP contribution >= 0.6 is 0 Å². The molecule has 2 heteroatoms. The molecule has 0 bridgehead atoms. The molecule has 0 saturated heterocycles. The number of rotatable bonds is 4. The highest BCUT2D eigenvalue weighted by molar-refractivity contribution is 5.70. The Hall–Kier alpha value is -1.93. The Bertz CT molecular complexity index is 550. The molecule has 2 unspecified atom stereocenters. The summed E-state index contributed by atoms with van der Waals surface area (Å²) in [5, 5.41) is 10.8. The highest BCUT2D eigenvalue weighted by atomic mass is 16.3. The summed E-state index contributed by atoms with van der Waals surface area (Å²) in [5.74, 6) is -0.108. The van der Waals surface area contributed by atoms with Crippen LogP contribution in [0.25, 0.3) is 0 Å². The molecule has 1 aromatic carbocycles. The Balaban J connectivity index is 2.16. The summed E-state index contributed by atoms with van der Waals surface area (Å²) in [6.07, 6.45) is 12.2. The molecule has 1 N–H and O–H groups in total. The molecule has 1 aromatic rings. The van der Waals surface area contributed by atoms with E-state index in [1.807, 2.05) is 74.7 Å². The third kappa shape index (κ3) is 3.78. The fourth-order valence-corrected chi connectivity index (χ4v) is 2.11. The van der Waals surface area contributed by atoms with Gasteiger partial charge < -0.3 is 5.11 Å². The Kier molecular flexibility index (Phi) is 4.70. The van der Waals surface area contributed by atoms with Crippen molar-refractivity contribution < 1.29 is 5.11 Å². The second-order valence-electron chi connectivity index (χ2n) is 5.36. The lowest BCUT2D eigenvalue weighted by Gasteiger charge is -2.30. The van der Waals surface area contributed by atoms with Crippen LogP contribution < -0.4 is 0 Å². The molecule has 0 fully saturated rings. The number of hydrogen-bond donors (Lipinski definition) is 1. The molecule has 0 saturated carbocycles. The van der Waals surface area contributed by atoms with Gasteiger partial charge in [0.15, 0.2) is 0 Å². The van der Waals surface area contributed by atoms with E-state index in [-0.39, 0.29) is 5.92 Å². The zero-order chi connectivity index (χ0) is 14.4. The van der Waals surface area contributed by atoms with Gasteiger partial charge in [-0.15, -0.1) is 0 Å². The maximum absolute atomic E-state index is 10.8. The summed E-state index contributed by atoms with van der Waals surface area (Å²) in [6.45, 7) is 4.08. The lowest BCUT2D eigenvalue weighted by Crippen LogP contribution is -2.36. The maximum atomic E-state index is 10.8. The first-order chi connectivity index (χ1) is 9.60. The average Bonchev–Trinajstić information content (AvgIpc) is 2.46. The van der Waals surface area contributed by atoms with Crippen molar-refractivity contribution in [1.29, 1.82) is 0 Å². The SMILES string of the molecule is CC(C)=CCC1(O)C=CC=CC1C=Nc1ccccc1.